The molecular weight excluding hydrogens is 441 g/mol. The van der Waals surface area contributed by atoms with Gasteiger partial charge in [-0.1, -0.05) is 6.92 Å². The summed E-state index contributed by atoms with van der Waals surface area (Å²) >= 11 is 0. The van der Waals surface area contributed by atoms with Crippen LogP contribution in [-0.2, 0) is 22.9 Å². The Balaban J connectivity index is 2.25. The summed E-state index contributed by atoms with van der Waals surface area (Å²) in [5.74, 6) is -0.735. The van der Waals surface area contributed by atoms with Crippen molar-refractivity contribution in [3.05, 3.63) is 28.7 Å². The zero-order valence-corrected chi connectivity index (χ0v) is 18.4. The van der Waals surface area contributed by atoms with Gasteiger partial charge in [0.1, 0.15) is 18.0 Å². The van der Waals surface area contributed by atoms with E-state index in [-0.39, 0.29) is 26.3 Å². The van der Waals surface area contributed by atoms with Crippen molar-refractivity contribution in [1.82, 2.24) is 4.57 Å². The SMILES string of the molecule is C=POP(=O)(N=C(CC)C(C)=O)OCC1OC(n2ccc(O)cc2=O)C(C)(F)C1O. The van der Waals surface area contributed by atoms with Gasteiger partial charge in [-0.2, -0.15) is 4.76 Å². The van der Waals surface area contributed by atoms with Crippen LogP contribution in [0, 0.1) is 0 Å². The number of pyridine rings is 1. The van der Waals surface area contributed by atoms with E-state index in [0.717, 1.165) is 29.8 Å². The van der Waals surface area contributed by atoms with Crippen molar-refractivity contribution >= 4 is 34.0 Å². The first-order valence-corrected chi connectivity index (χ1v) is 11.4. The zero-order chi connectivity index (χ0) is 22.7. The number of carbonyl (C=O) groups excluding carboxylic acids is 1. The van der Waals surface area contributed by atoms with Crippen LogP contribution in [0.5, 0.6) is 5.75 Å². The maximum Gasteiger partial charge on any atom is 0.462 e. The highest BCUT2D eigenvalue weighted by molar-refractivity contribution is 7.59. The van der Waals surface area contributed by atoms with Gasteiger partial charge in [-0.25, -0.2) is 13.3 Å². The van der Waals surface area contributed by atoms with Gasteiger partial charge in [-0.3, -0.25) is 18.7 Å². The van der Waals surface area contributed by atoms with Crippen LogP contribution in [0.1, 0.15) is 33.4 Å². The Morgan fingerprint density at radius 1 is 1.57 bits per heavy atom. The van der Waals surface area contributed by atoms with Crippen LogP contribution in [0.15, 0.2) is 27.9 Å². The molecule has 0 saturated carbocycles. The minimum Gasteiger partial charge on any atom is -0.508 e. The minimum atomic E-state index is -4.20. The third-order valence-corrected chi connectivity index (χ3v) is 6.70. The number of halogens is 1. The first-order valence-electron chi connectivity index (χ1n) is 8.88. The quantitative estimate of drug-likeness (QED) is 0.420. The maximum atomic E-state index is 15.2. The number of aliphatic hydroxyl groups excluding tert-OH is 1. The molecule has 1 aromatic heterocycles. The fourth-order valence-electron chi connectivity index (χ4n) is 2.87. The number of Topliss-reactive ketones (excluding diaryl/α,β-unsaturated/α-hetero) is 1. The highest BCUT2D eigenvalue weighted by Gasteiger charge is 2.55. The Morgan fingerprint density at radius 3 is 2.77 bits per heavy atom. The molecule has 0 bridgehead atoms. The van der Waals surface area contributed by atoms with E-state index in [2.05, 4.69) is 11.1 Å². The standard InChI is InChI=1S/C17H23FN2O8P2/c1-5-12(10(2)21)19-30(25,28-29-4)26-9-13-15(24)17(3,18)16(27-13)20-7-6-11(22)8-14(20)23/h6-8,13,15-16,22,24H,4-5,9H2,1-3H3. The first-order chi connectivity index (χ1) is 13.9. The van der Waals surface area contributed by atoms with E-state index in [1.54, 1.807) is 6.92 Å². The van der Waals surface area contributed by atoms with Gasteiger partial charge in [0, 0.05) is 19.2 Å². The van der Waals surface area contributed by atoms with Crippen molar-refractivity contribution in [3.8, 4) is 5.75 Å². The molecule has 2 heterocycles. The number of hydrogen-bond donors (Lipinski definition) is 2. The van der Waals surface area contributed by atoms with Gasteiger partial charge in [0.05, 0.1) is 20.7 Å². The molecule has 0 spiro atoms. The summed E-state index contributed by atoms with van der Waals surface area (Å²) in [6.45, 7) is 3.31. The normalized spacial score (nSPS) is 29.1. The molecule has 30 heavy (non-hydrogen) atoms. The zero-order valence-electron chi connectivity index (χ0n) is 16.6. The predicted molar refractivity (Wildman–Crippen MR) is 109 cm³/mol. The number of ketones is 1. The monoisotopic (exact) mass is 464 g/mol. The number of carbonyl (C=O) groups is 1. The van der Waals surface area contributed by atoms with Crippen molar-refractivity contribution in [3.63, 3.8) is 0 Å². The Hall–Kier alpha value is -1.74. The lowest BCUT2D eigenvalue weighted by Gasteiger charge is -2.25. The van der Waals surface area contributed by atoms with Gasteiger partial charge in [-0.05, 0) is 25.7 Å². The van der Waals surface area contributed by atoms with Crippen molar-refractivity contribution in [2.45, 2.75) is 51.3 Å². The fourth-order valence-corrected chi connectivity index (χ4v) is 4.76. The molecule has 2 rings (SSSR count). The first kappa shape index (κ1) is 24.5. The summed E-state index contributed by atoms with van der Waals surface area (Å²) in [7, 11) is -4.23. The molecule has 0 amide bonds. The van der Waals surface area contributed by atoms with E-state index in [0.29, 0.717) is 0 Å². The lowest BCUT2D eigenvalue weighted by Crippen LogP contribution is -2.42. The third-order valence-electron chi connectivity index (χ3n) is 4.45. The van der Waals surface area contributed by atoms with Gasteiger partial charge in [-0.15, -0.1) is 0 Å². The van der Waals surface area contributed by atoms with Crippen molar-refractivity contribution in [2.75, 3.05) is 6.61 Å². The Bertz CT molecular complexity index is 948. The van der Waals surface area contributed by atoms with E-state index in [9.17, 15) is 24.4 Å². The number of nitrogens with zero attached hydrogens (tertiary/aromatic N) is 2. The fraction of sp³-hybridized carbons (Fsp3) is 0.529. The molecule has 10 nitrogen and oxygen atoms in total. The molecule has 5 atom stereocenters. The highest BCUT2D eigenvalue weighted by atomic mass is 31.2. The number of aromatic nitrogens is 1. The lowest BCUT2D eigenvalue weighted by atomic mass is 9.98. The Kier molecular flexibility index (Phi) is 7.85. The van der Waals surface area contributed by atoms with Crippen molar-refractivity contribution in [2.24, 2.45) is 4.76 Å². The Morgan fingerprint density at radius 2 is 2.23 bits per heavy atom. The topological polar surface area (TPSA) is 137 Å². The number of aromatic hydroxyl groups is 1. The molecule has 5 unspecified atom stereocenters. The van der Waals surface area contributed by atoms with Gasteiger partial charge < -0.3 is 14.9 Å². The molecule has 0 radical (unpaired) electrons. The van der Waals surface area contributed by atoms with E-state index in [1.807, 2.05) is 0 Å². The van der Waals surface area contributed by atoms with Gasteiger partial charge >= 0.3 is 7.75 Å². The predicted octanol–water partition coefficient (Wildman–Crippen LogP) is 2.41. The van der Waals surface area contributed by atoms with Crippen LogP contribution in [0.2, 0.25) is 0 Å². The average Bonchev–Trinajstić information content (AvgIpc) is 2.88. The summed E-state index contributed by atoms with van der Waals surface area (Å²) in [5.41, 5.74) is -3.19. The number of rotatable bonds is 9. The van der Waals surface area contributed by atoms with Crippen LogP contribution in [0.4, 0.5) is 4.39 Å². The van der Waals surface area contributed by atoms with Crippen LogP contribution >= 0.6 is 16.2 Å². The summed E-state index contributed by atoms with van der Waals surface area (Å²) in [6.07, 6.45) is 0.0586. The number of alkyl halides is 1. The number of hydrogen-bond acceptors (Lipinski definition) is 8. The number of ether oxygens (including phenoxy) is 1. The molecule has 0 aliphatic carbocycles. The van der Waals surface area contributed by atoms with Gasteiger partial charge in [0.15, 0.2) is 17.7 Å². The molecular formula is C17H23FN2O8P2. The summed E-state index contributed by atoms with van der Waals surface area (Å²) in [6, 6.07) is 2.03. The van der Waals surface area contributed by atoms with Crippen molar-refractivity contribution < 1.29 is 37.5 Å². The smallest absolute Gasteiger partial charge is 0.462 e. The van der Waals surface area contributed by atoms with E-state index in [4.69, 9.17) is 13.6 Å². The third kappa shape index (κ3) is 5.29. The molecule has 1 aliphatic rings. The second kappa shape index (κ2) is 9.60. The second-order valence-electron chi connectivity index (χ2n) is 6.68. The Labute approximate surface area is 173 Å². The molecule has 2 N–H and O–H groups in total. The minimum absolute atomic E-state index is 0.0290. The summed E-state index contributed by atoms with van der Waals surface area (Å²) < 4.78 is 48.2. The summed E-state index contributed by atoms with van der Waals surface area (Å²) in [4.78, 5) is 23.6. The van der Waals surface area contributed by atoms with Gasteiger partial charge in [0.2, 0.25) is 0 Å². The maximum absolute atomic E-state index is 15.2. The molecule has 1 aromatic rings. The van der Waals surface area contributed by atoms with E-state index >= 15 is 4.39 Å². The summed E-state index contributed by atoms with van der Waals surface area (Å²) in [5, 5.41) is 19.7. The van der Waals surface area contributed by atoms with Crippen LogP contribution in [0.25, 0.3) is 0 Å². The average molecular weight is 464 g/mol. The molecule has 0 aromatic carbocycles. The van der Waals surface area contributed by atoms with Crippen LogP contribution in [0.3, 0.4) is 0 Å². The molecule has 13 heteroatoms. The second-order valence-corrected chi connectivity index (χ2v) is 8.99. The van der Waals surface area contributed by atoms with E-state index in [1.165, 1.54) is 6.92 Å². The van der Waals surface area contributed by atoms with Crippen LogP contribution in [-0.4, -0.2) is 57.1 Å². The number of aliphatic hydroxyl groups is 1. The van der Waals surface area contributed by atoms with Gasteiger partial charge in [0.25, 0.3) is 5.56 Å². The molecule has 1 aliphatic heterocycles. The molecule has 1 saturated heterocycles. The van der Waals surface area contributed by atoms with E-state index < -0.39 is 49.8 Å². The van der Waals surface area contributed by atoms with Crippen LogP contribution < -0.4 is 5.56 Å². The molecule has 1 fully saturated rings. The highest BCUT2D eigenvalue weighted by Crippen LogP contribution is 2.54. The lowest BCUT2D eigenvalue weighted by molar-refractivity contribution is -0.111. The largest absolute Gasteiger partial charge is 0.508 e. The van der Waals surface area contributed by atoms with Crippen molar-refractivity contribution in [1.29, 1.82) is 0 Å². The molecule has 166 valence electrons.